The molecular weight excluding hydrogens is 320 g/mol. The van der Waals surface area contributed by atoms with Gasteiger partial charge in [0.25, 0.3) is 0 Å². The van der Waals surface area contributed by atoms with Crippen molar-refractivity contribution in [1.82, 2.24) is 4.90 Å². The summed E-state index contributed by atoms with van der Waals surface area (Å²) < 4.78 is 0. The summed E-state index contributed by atoms with van der Waals surface area (Å²) in [5.74, 6) is 0.276. The lowest BCUT2D eigenvalue weighted by atomic mass is 9.96. The van der Waals surface area contributed by atoms with Gasteiger partial charge < -0.3 is 4.90 Å². The molecule has 2 aromatic carbocycles. The molecule has 2 aromatic rings. The van der Waals surface area contributed by atoms with E-state index in [9.17, 15) is 4.79 Å². The molecule has 0 spiro atoms. The van der Waals surface area contributed by atoms with E-state index in [4.69, 9.17) is 11.6 Å². The van der Waals surface area contributed by atoms with Crippen molar-refractivity contribution >= 4 is 23.2 Å². The minimum absolute atomic E-state index is 0.0660. The molecule has 1 aliphatic heterocycles. The summed E-state index contributed by atoms with van der Waals surface area (Å²) in [6, 6.07) is 17.8. The number of amides is 1. The van der Waals surface area contributed by atoms with E-state index in [1.807, 2.05) is 49.5 Å². The molecule has 3 rings (SSSR count). The van der Waals surface area contributed by atoms with Crippen LogP contribution in [0.1, 0.15) is 18.4 Å². The zero-order valence-electron chi connectivity index (χ0n) is 14.0. The molecule has 1 fully saturated rings. The molecule has 0 unspecified atom stereocenters. The zero-order chi connectivity index (χ0) is 16.9. The summed E-state index contributed by atoms with van der Waals surface area (Å²) in [5.41, 5.74) is 2.20. The molecule has 0 saturated carbocycles. The third kappa shape index (κ3) is 4.16. The maximum Gasteiger partial charge on any atom is 0.231 e. The highest BCUT2D eigenvalue weighted by atomic mass is 35.5. The van der Waals surface area contributed by atoms with Gasteiger partial charge in [-0.15, -0.1) is 0 Å². The maximum absolute atomic E-state index is 12.8. The van der Waals surface area contributed by atoms with Gasteiger partial charge in [0.15, 0.2) is 0 Å². The van der Waals surface area contributed by atoms with Crippen molar-refractivity contribution in [3.8, 4) is 0 Å². The van der Waals surface area contributed by atoms with Crippen molar-refractivity contribution in [2.24, 2.45) is 5.92 Å². The Morgan fingerprint density at radius 1 is 1.17 bits per heavy atom. The third-order valence-electron chi connectivity index (χ3n) is 4.65. The van der Waals surface area contributed by atoms with Gasteiger partial charge in [0.2, 0.25) is 5.91 Å². The predicted molar refractivity (Wildman–Crippen MR) is 99.3 cm³/mol. The number of para-hydroxylation sites is 1. The molecule has 126 valence electrons. The highest BCUT2D eigenvalue weighted by Gasteiger charge is 2.28. The van der Waals surface area contributed by atoms with Gasteiger partial charge in [0.05, 0.1) is 5.92 Å². The Labute approximate surface area is 148 Å². The number of rotatable bonds is 4. The molecule has 24 heavy (non-hydrogen) atoms. The molecule has 4 heteroatoms. The van der Waals surface area contributed by atoms with E-state index in [-0.39, 0.29) is 11.8 Å². The lowest BCUT2D eigenvalue weighted by molar-refractivity contribution is -0.123. The van der Waals surface area contributed by atoms with Crippen LogP contribution in [-0.2, 0) is 11.3 Å². The summed E-state index contributed by atoms with van der Waals surface area (Å²) >= 11 is 5.95. The molecule has 1 aliphatic rings. The normalized spacial score (nSPS) is 18.3. The second-order valence-electron chi connectivity index (χ2n) is 6.43. The van der Waals surface area contributed by atoms with Crippen LogP contribution in [0.15, 0.2) is 54.6 Å². The van der Waals surface area contributed by atoms with Crippen LogP contribution in [0, 0.1) is 5.92 Å². The molecule has 0 radical (unpaired) electrons. The topological polar surface area (TPSA) is 23.6 Å². The average molecular weight is 343 g/mol. The number of hydrogen-bond acceptors (Lipinski definition) is 2. The Balaban J connectivity index is 1.62. The van der Waals surface area contributed by atoms with Gasteiger partial charge in [0.1, 0.15) is 0 Å². The Morgan fingerprint density at radius 3 is 2.58 bits per heavy atom. The number of piperidine rings is 1. The number of nitrogens with zero attached hydrogens (tertiary/aromatic N) is 2. The van der Waals surface area contributed by atoms with Crippen LogP contribution in [0.25, 0.3) is 0 Å². The van der Waals surface area contributed by atoms with Gasteiger partial charge >= 0.3 is 0 Å². The summed E-state index contributed by atoms with van der Waals surface area (Å²) in [7, 11) is 1.87. The standard InChI is InChI=1S/C20H23ClN2O/c1-22(19-7-3-2-4-8-19)20(24)17-6-5-13-23(15-17)14-16-9-11-18(21)12-10-16/h2-4,7-12,17H,5-6,13-15H2,1H3/t17-/m1/s1. The molecule has 1 saturated heterocycles. The number of hydrogen-bond donors (Lipinski definition) is 0. The highest BCUT2D eigenvalue weighted by Crippen LogP contribution is 2.23. The molecule has 0 aromatic heterocycles. The van der Waals surface area contributed by atoms with Crippen molar-refractivity contribution in [1.29, 1.82) is 0 Å². The first kappa shape index (κ1) is 17.0. The van der Waals surface area contributed by atoms with E-state index in [2.05, 4.69) is 17.0 Å². The van der Waals surface area contributed by atoms with E-state index in [0.717, 1.165) is 43.2 Å². The van der Waals surface area contributed by atoms with Crippen LogP contribution in [-0.4, -0.2) is 30.9 Å². The Kier molecular flexibility index (Phi) is 5.54. The Morgan fingerprint density at radius 2 is 1.88 bits per heavy atom. The number of benzene rings is 2. The Hall–Kier alpha value is -1.84. The van der Waals surface area contributed by atoms with Crippen LogP contribution in [0.5, 0.6) is 0 Å². The molecule has 1 atom stereocenters. The second-order valence-corrected chi connectivity index (χ2v) is 6.87. The first-order chi connectivity index (χ1) is 11.6. The number of anilines is 1. The van der Waals surface area contributed by atoms with E-state index in [1.165, 1.54) is 5.56 Å². The summed E-state index contributed by atoms with van der Waals surface area (Å²) in [6.45, 7) is 2.73. The first-order valence-corrected chi connectivity index (χ1v) is 8.80. The maximum atomic E-state index is 12.8. The highest BCUT2D eigenvalue weighted by molar-refractivity contribution is 6.30. The fourth-order valence-electron chi connectivity index (χ4n) is 3.30. The monoisotopic (exact) mass is 342 g/mol. The third-order valence-corrected chi connectivity index (χ3v) is 4.90. The van der Waals surface area contributed by atoms with Crippen LogP contribution in [0.2, 0.25) is 5.02 Å². The second kappa shape index (κ2) is 7.82. The molecule has 1 heterocycles. The van der Waals surface area contributed by atoms with Crippen molar-refractivity contribution in [2.45, 2.75) is 19.4 Å². The molecule has 0 bridgehead atoms. The SMILES string of the molecule is CN(C(=O)[C@@H]1CCCN(Cc2ccc(Cl)cc2)C1)c1ccccc1. The van der Waals surface area contributed by atoms with Gasteiger partial charge in [0, 0.05) is 30.8 Å². The largest absolute Gasteiger partial charge is 0.315 e. The molecule has 0 aliphatic carbocycles. The van der Waals surface area contributed by atoms with Crippen LogP contribution in [0.3, 0.4) is 0 Å². The summed E-state index contributed by atoms with van der Waals surface area (Å²) in [4.78, 5) is 17.0. The van der Waals surface area contributed by atoms with Crippen molar-refractivity contribution in [3.05, 3.63) is 65.2 Å². The number of carbonyl (C=O) groups is 1. The van der Waals surface area contributed by atoms with E-state index in [0.29, 0.717) is 0 Å². The smallest absolute Gasteiger partial charge is 0.231 e. The van der Waals surface area contributed by atoms with E-state index < -0.39 is 0 Å². The Bertz CT molecular complexity index is 672. The first-order valence-electron chi connectivity index (χ1n) is 8.43. The average Bonchev–Trinajstić information content (AvgIpc) is 2.63. The molecule has 1 amide bonds. The number of likely N-dealkylation sites (tertiary alicyclic amines) is 1. The minimum atomic E-state index is 0.0660. The van der Waals surface area contributed by atoms with Crippen molar-refractivity contribution in [3.63, 3.8) is 0 Å². The van der Waals surface area contributed by atoms with Crippen molar-refractivity contribution < 1.29 is 4.79 Å². The zero-order valence-corrected chi connectivity index (χ0v) is 14.7. The lowest BCUT2D eigenvalue weighted by Crippen LogP contribution is -2.43. The predicted octanol–water partition coefficient (Wildman–Crippen LogP) is 4.22. The van der Waals surface area contributed by atoms with Gasteiger partial charge in [-0.25, -0.2) is 0 Å². The lowest BCUT2D eigenvalue weighted by Gasteiger charge is -2.34. The quantitative estimate of drug-likeness (QED) is 0.830. The summed E-state index contributed by atoms with van der Waals surface area (Å²) in [5, 5.41) is 0.759. The molecule has 0 N–H and O–H groups in total. The van der Waals surface area contributed by atoms with Crippen LogP contribution >= 0.6 is 11.6 Å². The van der Waals surface area contributed by atoms with Crippen LogP contribution in [0.4, 0.5) is 5.69 Å². The van der Waals surface area contributed by atoms with E-state index >= 15 is 0 Å². The number of halogens is 1. The number of carbonyl (C=O) groups excluding carboxylic acids is 1. The minimum Gasteiger partial charge on any atom is -0.315 e. The fourth-order valence-corrected chi connectivity index (χ4v) is 3.43. The van der Waals surface area contributed by atoms with Crippen LogP contribution < -0.4 is 4.90 Å². The van der Waals surface area contributed by atoms with Gasteiger partial charge in [-0.3, -0.25) is 9.69 Å². The molecular formula is C20H23ClN2O. The fraction of sp³-hybridized carbons (Fsp3) is 0.350. The molecule has 3 nitrogen and oxygen atoms in total. The van der Waals surface area contributed by atoms with E-state index in [1.54, 1.807) is 4.90 Å². The van der Waals surface area contributed by atoms with Gasteiger partial charge in [-0.1, -0.05) is 41.9 Å². The van der Waals surface area contributed by atoms with Crippen molar-refractivity contribution in [2.75, 3.05) is 25.0 Å². The summed E-state index contributed by atoms with van der Waals surface area (Å²) in [6.07, 6.45) is 2.03. The van der Waals surface area contributed by atoms with Gasteiger partial charge in [-0.05, 0) is 49.2 Å². The van der Waals surface area contributed by atoms with Gasteiger partial charge in [-0.2, -0.15) is 0 Å².